The van der Waals surface area contributed by atoms with Crippen LogP contribution < -0.4 is 5.73 Å². The number of nitrogens with two attached hydrogens (primary N) is 1. The summed E-state index contributed by atoms with van der Waals surface area (Å²) in [5.41, 5.74) is 8.38. The summed E-state index contributed by atoms with van der Waals surface area (Å²) in [6, 6.07) is 7.95. The number of benzene rings is 1. The second kappa shape index (κ2) is 5.67. The molecule has 0 unspecified atom stereocenters. The van der Waals surface area contributed by atoms with E-state index in [0.29, 0.717) is 5.69 Å². The van der Waals surface area contributed by atoms with Crippen LogP contribution in [-0.2, 0) is 0 Å². The van der Waals surface area contributed by atoms with E-state index in [1.807, 2.05) is 31.2 Å². The van der Waals surface area contributed by atoms with Crippen molar-refractivity contribution in [3.05, 3.63) is 59.7 Å². The molecule has 1 aromatic carbocycles. The highest BCUT2D eigenvalue weighted by Gasteiger charge is 1.97. The molecule has 1 heterocycles. The first kappa shape index (κ1) is 11.9. The smallest absolute Gasteiger partial charge is 0.173 e. The molecule has 0 amide bonds. The molecule has 0 saturated heterocycles. The first-order valence-corrected chi connectivity index (χ1v) is 5.45. The third kappa shape index (κ3) is 3.21. The van der Waals surface area contributed by atoms with Gasteiger partial charge in [0.25, 0.3) is 0 Å². The third-order valence-corrected chi connectivity index (χ3v) is 2.24. The van der Waals surface area contributed by atoms with Crippen molar-refractivity contribution in [3.8, 4) is 0 Å². The van der Waals surface area contributed by atoms with Gasteiger partial charge >= 0.3 is 0 Å². The number of hydrogen-bond acceptors (Lipinski definition) is 4. The van der Waals surface area contributed by atoms with Gasteiger partial charge in [-0.2, -0.15) is 5.10 Å². The van der Waals surface area contributed by atoms with Crippen LogP contribution in [0.4, 0.5) is 0 Å². The third-order valence-electron chi connectivity index (χ3n) is 2.24. The van der Waals surface area contributed by atoms with E-state index in [4.69, 9.17) is 5.73 Å². The Morgan fingerprint density at radius 1 is 1.33 bits per heavy atom. The fraction of sp³-hybridized carbons (Fsp3) is 0.0769. The van der Waals surface area contributed by atoms with Crippen molar-refractivity contribution in [3.63, 3.8) is 0 Å². The number of nitrogens with zero attached hydrogens (tertiary/aromatic N) is 4. The molecular formula is C13H13N5. The average Bonchev–Trinajstić information content (AvgIpc) is 2.40. The Bertz CT molecular complexity index is 575. The maximum atomic E-state index is 5.72. The molecule has 2 aromatic rings. The zero-order chi connectivity index (χ0) is 12.8. The van der Waals surface area contributed by atoms with Crippen LogP contribution in [0.2, 0.25) is 0 Å². The summed E-state index contributed by atoms with van der Waals surface area (Å²) >= 11 is 0. The van der Waals surface area contributed by atoms with E-state index in [-0.39, 0.29) is 5.84 Å². The second-order valence-electron chi connectivity index (χ2n) is 3.73. The lowest BCUT2D eigenvalue weighted by Gasteiger charge is -1.95. The van der Waals surface area contributed by atoms with Crippen molar-refractivity contribution >= 4 is 12.1 Å². The molecular weight excluding hydrogens is 226 g/mol. The zero-order valence-corrected chi connectivity index (χ0v) is 9.99. The molecule has 5 nitrogen and oxygen atoms in total. The Kier molecular flexibility index (Phi) is 3.76. The molecule has 0 aliphatic heterocycles. The van der Waals surface area contributed by atoms with Gasteiger partial charge < -0.3 is 5.73 Å². The van der Waals surface area contributed by atoms with Crippen LogP contribution in [0, 0.1) is 6.92 Å². The van der Waals surface area contributed by atoms with Crippen LogP contribution in [0.15, 0.2) is 53.1 Å². The predicted molar refractivity (Wildman–Crippen MR) is 71.5 cm³/mol. The minimum atomic E-state index is 0.243. The predicted octanol–water partition coefficient (Wildman–Crippen LogP) is 1.52. The van der Waals surface area contributed by atoms with Crippen molar-refractivity contribution in [1.29, 1.82) is 0 Å². The Labute approximate surface area is 105 Å². The molecule has 0 fully saturated rings. The van der Waals surface area contributed by atoms with Gasteiger partial charge in [-0.05, 0) is 12.5 Å². The standard InChI is InChI=1S/C13H13N5/c1-10-3-2-4-11(7-10)8-17-18-13(14)12-9-15-5-6-16-12/h2-9H,1H3,(H2,14,18)/b17-8+. The summed E-state index contributed by atoms with van der Waals surface area (Å²) in [5, 5.41) is 7.81. The fourth-order valence-electron chi connectivity index (χ4n) is 1.39. The second-order valence-corrected chi connectivity index (χ2v) is 3.73. The number of amidine groups is 1. The Morgan fingerprint density at radius 3 is 2.94 bits per heavy atom. The molecule has 90 valence electrons. The monoisotopic (exact) mass is 239 g/mol. The SMILES string of the molecule is Cc1cccc(/C=N/N=C(N)c2cnccn2)c1. The Hall–Kier alpha value is -2.56. The van der Waals surface area contributed by atoms with E-state index < -0.39 is 0 Å². The van der Waals surface area contributed by atoms with E-state index in [1.54, 1.807) is 24.8 Å². The van der Waals surface area contributed by atoms with Crippen molar-refractivity contribution in [2.75, 3.05) is 0 Å². The van der Waals surface area contributed by atoms with Crippen molar-refractivity contribution < 1.29 is 0 Å². The Balaban J connectivity index is 2.11. The van der Waals surface area contributed by atoms with E-state index in [0.717, 1.165) is 5.56 Å². The van der Waals surface area contributed by atoms with E-state index >= 15 is 0 Å². The summed E-state index contributed by atoms with van der Waals surface area (Å²) in [6.45, 7) is 2.02. The van der Waals surface area contributed by atoms with Crippen LogP contribution in [0.25, 0.3) is 0 Å². The van der Waals surface area contributed by atoms with Crippen LogP contribution in [0.3, 0.4) is 0 Å². The van der Waals surface area contributed by atoms with Gasteiger partial charge in [0.05, 0.1) is 12.4 Å². The molecule has 0 aliphatic rings. The summed E-state index contributed by atoms with van der Waals surface area (Å²) in [6.07, 6.45) is 6.33. The maximum Gasteiger partial charge on any atom is 0.173 e. The highest BCUT2D eigenvalue weighted by Crippen LogP contribution is 2.01. The van der Waals surface area contributed by atoms with Gasteiger partial charge in [-0.3, -0.25) is 4.98 Å². The molecule has 2 N–H and O–H groups in total. The molecule has 0 aliphatic carbocycles. The minimum Gasteiger partial charge on any atom is -0.380 e. The molecule has 5 heteroatoms. The van der Waals surface area contributed by atoms with Gasteiger partial charge in [0, 0.05) is 12.4 Å². The van der Waals surface area contributed by atoms with Crippen molar-refractivity contribution in [2.45, 2.75) is 6.92 Å². The molecule has 0 spiro atoms. The molecule has 1 aromatic heterocycles. The molecule has 0 bridgehead atoms. The van der Waals surface area contributed by atoms with Gasteiger partial charge in [-0.15, -0.1) is 5.10 Å². The van der Waals surface area contributed by atoms with E-state index in [1.165, 1.54) is 5.56 Å². The van der Waals surface area contributed by atoms with Gasteiger partial charge in [0.1, 0.15) is 5.69 Å². The largest absolute Gasteiger partial charge is 0.380 e. The minimum absolute atomic E-state index is 0.243. The topological polar surface area (TPSA) is 76.5 Å². The van der Waals surface area contributed by atoms with Crippen molar-refractivity contribution in [1.82, 2.24) is 9.97 Å². The zero-order valence-electron chi connectivity index (χ0n) is 9.99. The number of hydrogen-bond donors (Lipinski definition) is 1. The molecule has 0 radical (unpaired) electrons. The molecule has 2 rings (SSSR count). The molecule has 18 heavy (non-hydrogen) atoms. The number of rotatable bonds is 3. The van der Waals surface area contributed by atoms with Gasteiger partial charge in [-0.25, -0.2) is 4.98 Å². The first-order valence-electron chi connectivity index (χ1n) is 5.45. The van der Waals surface area contributed by atoms with Crippen LogP contribution in [-0.4, -0.2) is 22.0 Å². The van der Waals surface area contributed by atoms with E-state index in [9.17, 15) is 0 Å². The summed E-state index contributed by atoms with van der Waals surface area (Å²) in [5.74, 6) is 0.243. The highest BCUT2D eigenvalue weighted by molar-refractivity contribution is 5.95. The lowest BCUT2D eigenvalue weighted by atomic mass is 10.2. The van der Waals surface area contributed by atoms with Gasteiger partial charge in [0.2, 0.25) is 0 Å². The van der Waals surface area contributed by atoms with Crippen LogP contribution >= 0.6 is 0 Å². The summed E-state index contributed by atoms with van der Waals surface area (Å²) < 4.78 is 0. The summed E-state index contributed by atoms with van der Waals surface area (Å²) in [7, 11) is 0. The highest BCUT2D eigenvalue weighted by atomic mass is 15.2. The lowest BCUT2D eigenvalue weighted by molar-refractivity contribution is 1.15. The van der Waals surface area contributed by atoms with Crippen LogP contribution in [0.1, 0.15) is 16.8 Å². The van der Waals surface area contributed by atoms with Gasteiger partial charge in [-0.1, -0.05) is 29.8 Å². The fourth-order valence-corrected chi connectivity index (χ4v) is 1.39. The lowest BCUT2D eigenvalue weighted by Crippen LogP contribution is -2.14. The average molecular weight is 239 g/mol. The normalized spacial score (nSPS) is 11.9. The molecule has 0 saturated carbocycles. The first-order chi connectivity index (χ1) is 8.75. The maximum absolute atomic E-state index is 5.72. The number of aromatic nitrogens is 2. The quantitative estimate of drug-likeness (QED) is 0.501. The van der Waals surface area contributed by atoms with Gasteiger partial charge in [0.15, 0.2) is 5.84 Å². The van der Waals surface area contributed by atoms with Crippen molar-refractivity contribution in [2.24, 2.45) is 15.9 Å². The number of aryl methyl sites for hydroxylation is 1. The summed E-state index contributed by atoms with van der Waals surface area (Å²) in [4.78, 5) is 7.93. The van der Waals surface area contributed by atoms with E-state index in [2.05, 4.69) is 20.2 Å². The Morgan fingerprint density at radius 2 is 2.22 bits per heavy atom. The molecule has 0 atom stereocenters. The van der Waals surface area contributed by atoms with Crippen LogP contribution in [0.5, 0.6) is 0 Å².